The van der Waals surface area contributed by atoms with Crippen LogP contribution in [0.15, 0.2) is 35.1 Å². The van der Waals surface area contributed by atoms with Crippen LogP contribution < -0.4 is 10.3 Å². The van der Waals surface area contributed by atoms with Crippen LogP contribution in [-0.4, -0.2) is 16.7 Å². The minimum absolute atomic E-state index is 0.0781. The van der Waals surface area contributed by atoms with E-state index in [-0.39, 0.29) is 5.56 Å². The summed E-state index contributed by atoms with van der Waals surface area (Å²) in [7, 11) is 1.67. The van der Waals surface area contributed by atoms with Gasteiger partial charge in [0.2, 0.25) is 0 Å². The minimum Gasteiger partial charge on any atom is -0.496 e. The molecule has 0 N–H and O–H groups in total. The molecule has 0 amide bonds. The highest BCUT2D eigenvalue weighted by molar-refractivity contribution is 7.18. The van der Waals surface area contributed by atoms with E-state index in [1.54, 1.807) is 23.0 Å². The molecule has 24 heavy (non-hydrogen) atoms. The van der Waals surface area contributed by atoms with E-state index in [0.29, 0.717) is 6.54 Å². The second-order valence-electron chi connectivity index (χ2n) is 5.84. The van der Waals surface area contributed by atoms with Crippen LogP contribution in [0.25, 0.3) is 21.9 Å². The van der Waals surface area contributed by atoms with Crippen LogP contribution in [0.1, 0.15) is 29.6 Å². The number of thiophene rings is 1. The highest BCUT2D eigenvalue weighted by Crippen LogP contribution is 2.31. The third-order valence-electron chi connectivity index (χ3n) is 4.41. The van der Waals surface area contributed by atoms with Crippen molar-refractivity contribution in [3.8, 4) is 5.75 Å². The Bertz CT molecular complexity index is 1010. The minimum atomic E-state index is 0.0781. The van der Waals surface area contributed by atoms with Gasteiger partial charge in [-0.1, -0.05) is 25.1 Å². The summed E-state index contributed by atoms with van der Waals surface area (Å²) in [5.74, 6) is 1.62. The van der Waals surface area contributed by atoms with Gasteiger partial charge in [0.15, 0.2) is 0 Å². The number of nitrogens with zero attached hydrogens (tertiary/aromatic N) is 2. The number of methoxy groups -OCH3 is 1. The van der Waals surface area contributed by atoms with Gasteiger partial charge in [-0.15, -0.1) is 11.3 Å². The Kier molecular flexibility index (Phi) is 3.73. The summed E-state index contributed by atoms with van der Waals surface area (Å²) in [6, 6.07) is 9.89. The molecule has 0 radical (unpaired) electrons. The largest absolute Gasteiger partial charge is 0.496 e. The van der Waals surface area contributed by atoms with Crippen LogP contribution in [0.2, 0.25) is 0 Å². The number of fused-ring (bicyclic) bond motifs is 2. The van der Waals surface area contributed by atoms with Gasteiger partial charge in [-0.05, 0) is 36.6 Å². The Morgan fingerprint density at radius 2 is 2.21 bits per heavy atom. The zero-order valence-corrected chi connectivity index (χ0v) is 14.5. The predicted octanol–water partition coefficient (Wildman–Crippen LogP) is 3.97. The van der Waals surface area contributed by atoms with Crippen molar-refractivity contribution in [2.75, 3.05) is 7.11 Å². The molecule has 1 aliphatic heterocycles. The number of benzene rings is 1. The molecule has 4 nitrogen and oxygen atoms in total. The van der Waals surface area contributed by atoms with Crippen molar-refractivity contribution in [2.24, 2.45) is 0 Å². The lowest BCUT2D eigenvalue weighted by molar-refractivity contribution is 0.414. The Balaban J connectivity index is 1.88. The van der Waals surface area contributed by atoms with E-state index in [0.717, 1.165) is 45.8 Å². The molecule has 0 spiro atoms. The highest BCUT2D eigenvalue weighted by atomic mass is 32.1. The Morgan fingerprint density at radius 1 is 1.38 bits per heavy atom. The fraction of sp³-hybridized carbons (Fsp3) is 0.263. The fourth-order valence-electron chi connectivity index (χ4n) is 3.15. The molecule has 0 saturated carbocycles. The van der Waals surface area contributed by atoms with Gasteiger partial charge in [0.25, 0.3) is 5.56 Å². The molecule has 0 bridgehead atoms. The third kappa shape index (κ3) is 2.36. The molecule has 0 aliphatic carbocycles. The first-order chi connectivity index (χ1) is 11.7. The van der Waals surface area contributed by atoms with Crippen molar-refractivity contribution in [3.05, 3.63) is 57.0 Å². The zero-order valence-electron chi connectivity index (χ0n) is 13.7. The lowest BCUT2D eigenvalue weighted by Crippen LogP contribution is -2.19. The SMILES string of the molecule is CCc1cc2c(=O)n3c(nc2s1)/C(=C/c1ccccc1OC)CC3. The number of para-hydroxylation sites is 1. The first-order valence-corrected chi connectivity index (χ1v) is 8.90. The fourth-order valence-corrected chi connectivity index (χ4v) is 4.10. The monoisotopic (exact) mass is 338 g/mol. The molecule has 1 aromatic carbocycles. The van der Waals surface area contributed by atoms with Crippen molar-refractivity contribution in [3.63, 3.8) is 0 Å². The topological polar surface area (TPSA) is 44.1 Å². The van der Waals surface area contributed by atoms with E-state index >= 15 is 0 Å². The Morgan fingerprint density at radius 3 is 3.00 bits per heavy atom. The Hall–Kier alpha value is -2.40. The molecule has 122 valence electrons. The standard InChI is InChI=1S/C19H18N2O2S/c1-3-14-11-15-18(24-14)20-17-13(8-9-21(17)19(15)22)10-12-6-4-5-7-16(12)23-2/h4-7,10-11H,3,8-9H2,1-2H3/b13-10+. The van der Waals surface area contributed by atoms with Gasteiger partial charge in [0, 0.05) is 17.0 Å². The maximum atomic E-state index is 12.7. The molecule has 2 aromatic heterocycles. The van der Waals surface area contributed by atoms with Gasteiger partial charge >= 0.3 is 0 Å². The van der Waals surface area contributed by atoms with Crippen LogP contribution in [0.3, 0.4) is 0 Å². The van der Waals surface area contributed by atoms with E-state index in [1.807, 2.05) is 30.3 Å². The van der Waals surface area contributed by atoms with Crippen LogP contribution in [0.5, 0.6) is 5.75 Å². The van der Waals surface area contributed by atoms with E-state index in [9.17, 15) is 4.79 Å². The van der Waals surface area contributed by atoms with Crippen molar-refractivity contribution < 1.29 is 4.74 Å². The molecule has 3 aromatic rings. The first-order valence-electron chi connectivity index (χ1n) is 8.08. The van der Waals surface area contributed by atoms with E-state index < -0.39 is 0 Å². The maximum Gasteiger partial charge on any atom is 0.262 e. The highest BCUT2D eigenvalue weighted by Gasteiger charge is 2.22. The Labute approximate surface area is 144 Å². The molecule has 5 heteroatoms. The van der Waals surface area contributed by atoms with Crippen molar-refractivity contribution in [1.82, 2.24) is 9.55 Å². The number of hydrogen-bond acceptors (Lipinski definition) is 4. The third-order valence-corrected chi connectivity index (χ3v) is 5.58. The zero-order chi connectivity index (χ0) is 16.7. The summed E-state index contributed by atoms with van der Waals surface area (Å²) in [4.78, 5) is 19.6. The number of aromatic nitrogens is 2. The van der Waals surface area contributed by atoms with E-state index in [1.165, 1.54) is 4.88 Å². The lowest BCUT2D eigenvalue weighted by Gasteiger charge is -2.06. The summed E-state index contributed by atoms with van der Waals surface area (Å²) >= 11 is 1.62. The molecule has 4 rings (SSSR count). The number of rotatable bonds is 3. The second kappa shape index (κ2) is 5.91. The first kappa shape index (κ1) is 15.1. The van der Waals surface area contributed by atoms with Crippen LogP contribution in [0.4, 0.5) is 0 Å². The average Bonchev–Trinajstić information content (AvgIpc) is 3.20. The second-order valence-corrected chi connectivity index (χ2v) is 6.95. The molecule has 0 unspecified atom stereocenters. The quantitative estimate of drug-likeness (QED) is 0.726. The smallest absolute Gasteiger partial charge is 0.262 e. The average molecular weight is 338 g/mol. The molecular weight excluding hydrogens is 320 g/mol. The molecule has 1 aliphatic rings. The van der Waals surface area contributed by atoms with Crippen molar-refractivity contribution in [2.45, 2.75) is 26.3 Å². The number of aryl methyl sites for hydroxylation is 1. The van der Waals surface area contributed by atoms with Crippen molar-refractivity contribution >= 4 is 33.2 Å². The lowest BCUT2D eigenvalue weighted by atomic mass is 10.1. The molecule has 0 atom stereocenters. The summed E-state index contributed by atoms with van der Waals surface area (Å²) < 4.78 is 7.23. The van der Waals surface area contributed by atoms with Crippen LogP contribution in [0, 0.1) is 0 Å². The van der Waals surface area contributed by atoms with Gasteiger partial charge in [-0.3, -0.25) is 9.36 Å². The predicted molar refractivity (Wildman–Crippen MR) is 98.7 cm³/mol. The van der Waals surface area contributed by atoms with Crippen LogP contribution >= 0.6 is 11.3 Å². The number of hydrogen-bond donors (Lipinski definition) is 0. The van der Waals surface area contributed by atoms with Gasteiger partial charge in [0.05, 0.1) is 12.5 Å². The molecular formula is C19H18N2O2S. The summed E-state index contributed by atoms with van der Waals surface area (Å²) in [6.07, 6.45) is 3.84. The summed E-state index contributed by atoms with van der Waals surface area (Å²) in [5.41, 5.74) is 2.18. The number of allylic oxidation sites excluding steroid dienone is 1. The van der Waals surface area contributed by atoms with Gasteiger partial charge in [-0.2, -0.15) is 0 Å². The maximum absolute atomic E-state index is 12.7. The van der Waals surface area contributed by atoms with E-state index in [4.69, 9.17) is 9.72 Å². The summed E-state index contributed by atoms with van der Waals surface area (Å²) in [6.45, 7) is 2.79. The van der Waals surface area contributed by atoms with Gasteiger partial charge in [-0.25, -0.2) is 4.98 Å². The van der Waals surface area contributed by atoms with Crippen LogP contribution in [-0.2, 0) is 13.0 Å². The van der Waals surface area contributed by atoms with E-state index in [2.05, 4.69) is 13.0 Å². The molecule has 0 saturated heterocycles. The molecule has 0 fully saturated rings. The normalized spacial score (nSPS) is 15.2. The van der Waals surface area contributed by atoms with Crippen molar-refractivity contribution in [1.29, 1.82) is 0 Å². The van der Waals surface area contributed by atoms with Gasteiger partial charge in [0.1, 0.15) is 16.4 Å². The van der Waals surface area contributed by atoms with Gasteiger partial charge < -0.3 is 4.74 Å². The number of ether oxygens (including phenoxy) is 1. The summed E-state index contributed by atoms with van der Waals surface area (Å²) in [5, 5.41) is 0.749. The molecule has 3 heterocycles.